The van der Waals surface area contributed by atoms with Gasteiger partial charge in [0.05, 0.1) is 6.10 Å². The van der Waals surface area contributed by atoms with Crippen molar-refractivity contribution in [1.82, 2.24) is 0 Å². The van der Waals surface area contributed by atoms with Gasteiger partial charge in [-0.1, -0.05) is 12.1 Å². The molecule has 3 nitrogen and oxygen atoms in total. The second kappa shape index (κ2) is 5.03. The summed E-state index contributed by atoms with van der Waals surface area (Å²) in [4.78, 5) is 0. The quantitative estimate of drug-likeness (QED) is 0.776. The van der Waals surface area contributed by atoms with Gasteiger partial charge in [0.25, 0.3) is 0 Å². The minimum atomic E-state index is -0.364. The number of ether oxygens (including phenoxy) is 2. The SMILES string of the molecule is Cc1cccc(O)c1OC(C)OC(C)C. The summed E-state index contributed by atoms with van der Waals surface area (Å²) in [5, 5.41) is 9.59. The van der Waals surface area contributed by atoms with Gasteiger partial charge >= 0.3 is 0 Å². The topological polar surface area (TPSA) is 38.7 Å². The van der Waals surface area contributed by atoms with Crippen molar-refractivity contribution in [2.45, 2.75) is 40.1 Å². The Hall–Kier alpha value is -1.22. The number of hydrogen-bond donors (Lipinski definition) is 1. The van der Waals surface area contributed by atoms with E-state index in [2.05, 4.69) is 0 Å². The van der Waals surface area contributed by atoms with Crippen molar-refractivity contribution in [3.8, 4) is 11.5 Å². The number of para-hydroxylation sites is 1. The summed E-state index contributed by atoms with van der Waals surface area (Å²) >= 11 is 0. The van der Waals surface area contributed by atoms with E-state index in [0.717, 1.165) is 5.56 Å². The Kier molecular flexibility index (Phi) is 3.97. The van der Waals surface area contributed by atoms with Crippen LogP contribution < -0.4 is 4.74 Å². The molecule has 0 aliphatic carbocycles. The van der Waals surface area contributed by atoms with Crippen molar-refractivity contribution in [1.29, 1.82) is 0 Å². The second-order valence-corrected chi connectivity index (χ2v) is 3.79. The average molecular weight is 210 g/mol. The van der Waals surface area contributed by atoms with Crippen LogP contribution in [0.1, 0.15) is 26.3 Å². The van der Waals surface area contributed by atoms with Crippen molar-refractivity contribution in [3.05, 3.63) is 23.8 Å². The van der Waals surface area contributed by atoms with Gasteiger partial charge in [0.2, 0.25) is 0 Å². The molecular formula is C12H18O3. The van der Waals surface area contributed by atoms with Gasteiger partial charge in [-0.25, -0.2) is 0 Å². The first-order chi connectivity index (χ1) is 7.00. The van der Waals surface area contributed by atoms with E-state index in [1.54, 1.807) is 12.1 Å². The minimum Gasteiger partial charge on any atom is -0.504 e. The molecule has 84 valence electrons. The highest BCUT2D eigenvalue weighted by atomic mass is 16.7. The normalized spacial score (nSPS) is 12.9. The fourth-order valence-corrected chi connectivity index (χ4v) is 1.37. The first-order valence-electron chi connectivity index (χ1n) is 5.11. The first-order valence-corrected chi connectivity index (χ1v) is 5.11. The molecule has 0 saturated carbocycles. The van der Waals surface area contributed by atoms with Crippen molar-refractivity contribution < 1.29 is 14.6 Å². The molecule has 0 saturated heterocycles. The van der Waals surface area contributed by atoms with E-state index in [-0.39, 0.29) is 18.1 Å². The Balaban J connectivity index is 2.71. The molecule has 1 N–H and O–H groups in total. The van der Waals surface area contributed by atoms with Crippen LogP contribution in [0, 0.1) is 6.92 Å². The highest BCUT2D eigenvalue weighted by molar-refractivity contribution is 5.44. The molecule has 1 aromatic carbocycles. The van der Waals surface area contributed by atoms with Crippen LogP contribution in [0.25, 0.3) is 0 Å². The lowest BCUT2D eigenvalue weighted by atomic mass is 10.2. The number of benzene rings is 1. The van der Waals surface area contributed by atoms with Crippen LogP contribution >= 0.6 is 0 Å². The Morgan fingerprint density at radius 1 is 1.20 bits per heavy atom. The molecule has 1 rings (SSSR count). The van der Waals surface area contributed by atoms with Gasteiger partial charge in [0.1, 0.15) is 0 Å². The maximum absolute atomic E-state index is 9.59. The Labute approximate surface area is 90.6 Å². The predicted octanol–water partition coefficient (Wildman–Crippen LogP) is 2.85. The number of aromatic hydroxyl groups is 1. The van der Waals surface area contributed by atoms with Crippen molar-refractivity contribution in [2.75, 3.05) is 0 Å². The summed E-state index contributed by atoms with van der Waals surface area (Å²) in [5.41, 5.74) is 0.897. The summed E-state index contributed by atoms with van der Waals surface area (Å²) in [6.07, 6.45) is -0.261. The van der Waals surface area contributed by atoms with Crippen LogP contribution in [0.2, 0.25) is 0 Å². The maximum Gasteiger partial charge on any atom is 0.197 e. The fourth-order valence-electron chi connectivity index (χ4n) is 1.37. The van der Waals surface area contributed by atoms with Gasteiger partial charge in [-0.3, -0.25) is 0 Å². The molecule has 1 atom stereocenters. The predicted molar refractivity (Wildman–Crippen MR) is 59.2 cm³/mol. The highest BCUT2D eigenvalue weighted by Crippen LogP contribution is 2.30. The van der Waals surface area contributed by atoms with Gasteiger partial charge in [-0.2, -0.15) is 0 Å². The molecule has 0 aliphatic heterocycles. The van der Waals surface area contributed by atoms with Crippen molar-refractivity contribution in [3.63, 3.8) is 0 Å². The van der Waals surface area contributed by atoms with E-state index >= 15 is 0 Å². The third-order valence-corrected chi connectivity index (χ3v) is 1.94. The van der Waals surface area contributed by atoms with Gasteiger partial charge < -0.3 is 14.6 Å². The Bertz CT molecular complexity index is 300. The van der Waals surface area contributed by atoms with Crippen LogP contribution in [0.3, 0.4) is 0 Å². The van der Waals surface area contributed by atoms with Crippen LogP contribution in [0.4, 0.5) is 0 Å². The van der Waals surface area contributed by atoms with Crippen molar-refractivity contribution >= 4 is 0 Å². The molecule has 1 aromatic rings. The Morgan fingerprint density at radius 3 is 2.40 bits per heavy atom. The van der Waals surface area contributed by atoms with Crippen LogP contribution in [-0.2, 0) is 4.74 Å². The molecule has 0 bridgehead atoms. The van der Waals surface area contributed by atoms with Gasteiger partial charge in [-0.15, -0.1) is 0 Å². The zero-order valence-electron chi connectivity index (χ0n) is 9.65. The lowest BCUT2D eigenvalue weighted by Crippen LogP contribution is -2.20. The summed E-state index contributed by atoms with van der Waals surface area (Å²) in [6.45, 7) is 7.58. The lowest BCUT2D eigenvalue weighted by Gasteiger charge is -2.19. The van der Waals surface area contributed by atoms with Crippen LogP contribution in [0.15, 0.2) is 18.2 Å². The number of phenolic OH excluding ortho intramolecular Hbond substituents is 1. The largest absolute Gasteiger partial charge is 0.504 e. The number of rotatable bonds is 4. The number of aryl methyl sites for hydroxylation is 1. The molecule has 1 unspecified atom stereocenters. The number of hydrogen-bond acceptors (Lipinski definition) is 3. The summed E-state index contributed by atoms with van der Waals surface area (Å²) < 4.78 is 10.9. The zero-order valence-corrected chi connectivity index (χ0v) is 9.65. The molecular weight excluding hydrogens is 192 g/mol. The van der Waals surface area contributed by atoms with Gasteiger partial charge in [0.15, 0.2) is 17.8 Å². The van der Waals surface area contributed by atoms with E-state index < -0.39 is 0 Å². The second-order valence-electron chi connectivity index (χ2n) is 3.79. The fraction of sp³-hybridized carbons (Fsp3) is 0.500. The Morgan fingerprint density at radius 2 is 1.87 bits per heavy atom. The van der Waals surface area contributed by atoms with E-state index in [1.807, 2.05) is 33.8 Å². The van der Waals surface area contributed by atoms with Crippen LogP contribution in [0.5, 0.6) is 11.5 Å². The minimum absolute atomic E-state index is 0.103. The monoisotopic (exact) mass is 210 g/mol. The maximum atomic E-state index is 9.59. The smallest absolute Gasteiger partial charge is 0.197 e. The van der Waals surface area contributed by atoms with Crippen molar-refractivity contribution in [2.24, 2.45) is 0 Å². The van der Waals surface area contributed by atoms with E-state index in [1.165, 1.54) is 0 Å². The van der Waals surface area contributed by atoms with Gasteiger partial charge in [0, 0.05) is 0 Å². The summed E-state index contributed by atoms with van der Waals surface area (Å²) in [6, 6.07) is 5.27. The van der Waals surface area contributed by atoms with E-state index in [9.17, 15) is 5.11 Å². The van der Waals surface area contributed by atoms with Gasteiger partial charge in [-0.05, 0) is 39.3 Å². The molecule has 0 radical (unpaired) electrons. The molecule has 0 fully saturated rings. The summed E-state index contributed by atoms with van der Waals surface area (Å²) in [5.74, 6) is 0.639. The van der Waals surface area contributed by atoms with E-state index in [4.69, 9.17) is 9.47 Å². The molecule has 0 heterocycles. The zero-order chi connectivity index (χ0) is 11.4. The standard InChI is InChI=1S/C12H18O3/c1-8(2)14-10(4)15-12-9(3)6-5-7-11(12)13/h5-8,10,13H,1-4H3. The molecule has 0 spiro atoms. The first kappa shape index (κ1) is 11.9. The van der Waals surface area contributed by atoms with E-state index in [0.29, 0.717) is 5.75 Å². The van der Waals surface area contributed by atoms with Crippen LogP contribution in [-0.4, -0.2) is 17.5 Å². The third-order valence-electron chi connectivity index (χ3n) is 1.94. The summed E-state index contributed by atoms with van der Waals surface area (Å²) in [7, 11) is 0. The molecule has 0 amide bonds. The number of phenols is 1. The molecule has 15 heavy (non-hydrogen) atoms. The molecule has 0 aliphatic rings. The molecule has 0 aromatic heterocycles. The molecule has 3 heteroatoms. The third kappa shape index (κ3) is 3.44. The highest BCUT2D eigenvalue weighted by Gasteiger charge is 2.11. The lowest BCUT2D eigenvalue weighted by molar-refractivity contribution is -0.0961. The average Bonchev–Trinajstić information content (AvgIpc) is 2.10.